The molecule has 0 unspecified atom stereocenters. The monoisotopic (exact) mass is 233 g/mol. The minimum absolute atomic E-state index is 0.109. The Kier molecular flexibility index (Phi) is 4.19. The van der Waals surface area contributed by atoms with Crippen LogP contribution in [-0.4, -0.2) is 28.7 Å². The number of aliphatic hydroxyl groups is 1. The highest BCUT2D eigenvalue weighted by Gasteiger charge is 2.30. The second kappa shape index (κ2) is 5.65. The van der Waals surface area contributed by atoms with Crippen LogP contribution in [0, 0.1) is 5.92 Å². The van der Waals surface area contributed by atoms with Crippen molar-refractivity contribution in [3.8, 4) is 0 Å². The Balaban J connectivity index is 2.00. The van der Waals surface area contributed by atoms with E-state index in [1.165, 1.54) is 5.56 Å². The molecule has 1 aromatic rings. The lowest BCUT2D eigenvalue weighted by Crippen LogP contribution is -2.47. The smallest absolute Gasteiger partial charge is 0.0595 e. The van der Waals surface area contributed by atoms with E-state index < -0.39 is 0 Å². The van der Waals surface area contributed by atoms with Gasteiger partial charge in [-0.1, -0.05) is 37.3 Å². The summed E-state index contributed by atoms with van der Waals surface area (Å²) in [6.07, 6.45) is 1.87. The molecule has 0 radical (unpaired) electrons. The van der Waals surface area contributed by atoms with E-state index in [2.05, 4.69) is 49.1 Å². The Morgan fingerprint density at radius 1 is 1.29 bits per heavy atom. The van der Waals surface area contributed by atoms with Crippen LogP contribution < -0.4 is 0 Å². The van der Waals surface area contributed by atoms with Gasteiger partial charge in [0.2, 0.25) is 0 Å². The van der Waals surface area contributed by atoms with E-state index >= 15 is 0 Å². The number of hydrogen-bond donors (Lipinski definition) is 1. The van der Waals surface area contributed by atoms with Gasteiger partial charge in [0.05, 0.1) is 6.10 Å². The SMILES string of the molecule is CC[C@H]1CN(Cc2ccccc2)[C@H](C)C[C@@H]1O. The van der Waals surface area contributed by atoms with E-state index in [-0.39, 0.29) is 6.10 Å². The highest BCUT2D eigenvalue weighted by atomic mass is 16.3. The molecule has 2 nitrogen and oxygen atoms in total. The van der Waals surface area contributed by atoms with Gasteiger partial charge in [-0.05, 0) is 31.2 Å². The molecular formula is C15H23NO. The fourth-order valence-corrected chi connectivity index (χ4v) is 2.73. The van der Waals surface area contributed by atoms with Crippen molar-refractivity contribution in [3.63, 3.8) is 0 Å². The second-order valence-electron chi connectivity index (χ2n) is 5.24. The topological polar surface area (TPSA) is 23.5 Å². The summed E-state index contributed by atoms with van der Waals surface area (Å²) in [5.74, 6) is 0.440. The van der Waals surface area contributed by atoms with Crippen LogP contribution in [0.4, 0.5) is 0 Å². The van der Waals surface area contributed by atoms with Crippen molar-refractivity contribution in [1.29, 1.82) is 0 Å². The van der Waals surface area contributed by atoms with E-state index in [1.807, 2.05) is 0 Å². The summed E-state index contributed by atoms with van der Waals surface area (Å²) in [6, 6.07) is 11.1. The van der Waals surface area contributed by atoms with Crippen LogP contribution in [0.25, 0.3) is 0 Å². The van der Waals surface area contributed by atoms with Crippen molar-refractivity contribution in [1.82, 2.24) is 4.90 Å². The van der Waals surface area contributed by atoms with Crippen molar-refractivity contribution in [2.45, 2.75) is 45.4 Å². The summed E-state index contributed by atoms with van der Waals surface area (Å²) in [4.78, 5) is 2.50. The molecule has 17 heavy (non-hydrogen) atoms. The first-order chi connectivity index (χ1) is 8.20. The lowest BCUT2D eigenvalue weighted by molar-refractivity contribution is -0.00662. The van der Waals surface area contributed by atoms with Gasteiger partial charge in [0.15, 0.2) is 0 Å². The molecule has 0 aliphatic carbocycles. The Hall–Kier alpha value is -0.860. The highest BCUT2D eigenvalue weighted by Crippen LogP contribution is 2.25. The third-order valence-electron chi connectivity index (χ3n) is 3.97. The summed E-state index contributed by atoms with van der Waals surface area (Å²) >= 11 is 0. The van der Waals surface area contributed by atoms with E-state index in [9.17, 15) is 5.11 Å². The second-order valence-corrected chi connectivity index (χ2v) is 5.24. The van der Waals surface area contributed by atoms with E-state index in [0.717, 1.165) is 25.9 Å². The Morgan fingerprint density at radius 3 is 2.65 bits per heavy atom. The normalized spacial score (nSPS) is 30.4. The molecule has 0 saturated carbocycles. The first-order valence-corrected chi connectivity index (χ1v) is 6.66. The molecule has 1 fully saturated rings. The number of benzene rings is 1. The zero-order valence-corrected chi connectivity index (χ0v) is 10.8. The summed E-state index contributed by atoms with van der Waals surface area (Å²) in [6.45, 7) is 6.42. The third kappa shape index (κ3) is 3.08. The van der Waals surface area contributed by atoms with Crippen molar-refractivity contribution >= 4 is 0 Å². The summed E-state index contributed by atoms with van der Waals surface area (Å²) in [5, 5.41) is 10.00. The van der Waals surface area contributed by atoms with Gasteiger partial charge in [0, 0.05) is 19.1 Å². The van der Waals surface area contributed by atoms with Crippen LogP contribution in [-0.2, 0) is 6.54 Å². The Labute approximate surface area is 104 Å². The van der Waals surface area contributed by atoms with Gasteiger partial charge in [0.1, 0.15) is 0 Å². The van der Waals surface area contributed by atoms with Gasteiger partial charge in [-0.25, -0.2) is 0 Å². The molecule has 1 aliphatic rings. The molecule has 94 valence electrons. The zero-order chi connectivity index (χ0) is 12.3. The largest absolute Gasteiger partial charge is 0.393 e. The Morgan fingerprint density at radius 2 is 2.00 bits per heavy atom. The van der Waals surface area contributed by atoms with E-state index in [4.69, 9.17) is 0 Å². The molecule has 0 aromatic heterocycles. The summed E-state index contributed by atoms with van der Waals surface area (Å²) < 4.78 is 0. The third-order valence-corrected chi connectivity index (χ3v) is 3.97. The summed E-state index contributed by atoms with van der Waals surface area (Å²) in [5.41, 5.74) is 1.37. The number of likely N-dealkylation sites (tertiary alicyclic amines) is 1. The van der Waals surface area contributed by atoms with Crippen LogP contribution in [0.15, 0.2) is 30.3 Å². The van der Waals surface area contributed by atoms with Gasteiger partial charge in [-0.15, -0.1) is 0 Å². The van der Waals surface area contributed by atoms with Gasteiger partial charge in [-0.3, -0.25) is 4.90 Å². The van der Waals surface area contributed by atoms with Crippen LogP contribution in [0.2, 0.25) is 0 Å². The average molecular weight is 233 g/mol. The van der Waals surface area contributed by atoms with Crippen LogP contribution in [0.5, 0.6) is 0 Å². The lowest BCUT2D eigenvalue weighted by Gasteiger charge is -2.40. The fraction of sp³-hybridized carbons (Fsp3) is 0.600. The molecule has 2 rings (SSSR count). The molecule has 3 atom stereocenters. The van der Waals surface area contributed by atoms with Crippen molar-refractivity contribution < 1.29 is 5.11 Å². The minimum Gasteiger partial charge on any atom is -0.393 e. The molecule has 0 bridgehead atoms. The molecule has 1 saturated heterocycles. The van der Waals surface area contributed by atoms with E-state index in [0.29, 0.717) is 12.0 Å². The van der Waals surface area contributed by atoms with Crippen molar-refractivity contribution in [3.05, 3.63) is 35.9 Å². The zero-order valence-electron chi connectivity index (χ0n) is 10.8. The van der Waals surface area contributed by atoms with Crippen molar-refractivity contribution in [2.24, 2.45) is 5.92 Å². The first-order valence-electron chi connectivity index (χ1n) is 6.66. The quantitative estimate of drug-likeness (QED) is 0.867. The standard InChI is InChI=1S/C15H23NO/c1-3-14-11-16(12(2)9-15(14)17)10-13-7-5-4-6-8-13/h4-8,12,14-15,17H,3,9-11H2,1-2H3/t12-,14+,15+/m1/s1. The van der Waals surface area contributed by atoms with Crippen LogP contribution >= 0.6 is 0 Å². The number of hydrogen-bond acceptors (Lipinski definition) is 2. The maximum absolute atomic E-state index is 10.00. The maximum Gasteiger partial charge on any atom is 0.0595 e. The van der Waals surface area contributed by atoms with Crippen molar-refractivity contribution in [2.75, 3.05) is 6.54 Å². The molecule has 1 heterocycles. The summed E-state index contributed by atoms with van der Waals surface area (Å²) in [7, 11) is 0. The molecule has 1 N–H and O–H groups in total. The molecule has 1 aliphatic heterocycles. The van der Waals surface area contributed by atoms with Crippen LogP contribution in [0.1, 0.15) is 32.3 Å². The minimum atomic E-state index is -0.109. The average Bonchev–Trinajstić information content (AvgIpc) is 2.34. The van der Waals surface area contributed by atoms with E-state index in [1.54, 1.807) is 0 Å². The van der Waals surface area contributed by atoms with Gasteiger partial charge in [0.25, 0.3) is 0 Å². The maximum atomic E-state index is 10.00. The number of rotatable bonds is 3. The highest BCUT2D eigenvalue weighted by molar-refractivity contribution is 5.14. The molecule has 2 heteroatoms. The predicted molar refractivity (Wildman–Crippen MR) is 70.7 cm³/mol. The molecule has 0 spiro atoms. The predicted octanol–water partition coefficient (Wildman–Crippen LogP) is 2.67. The fourth-order valence-electron chi connectivity index (χ4n) is 2.73. The molecule has 0 amide bonds. The lowest BCUT2D eigenvalue weighted by atomic mass is 9.88. The van der Waals surface area contributed by atoms with Crippen LogP contribution in [0.3, 0.4) is 0 Å². The molecule has 1 aromatic carbocycles. The first kappa shape index (κ1) is 12.6. The number of aliphatic hydroxyl groups excluding tert-OH is 1. The molecular weight excluding hydrogens is 210 g/mol. The Bertz CT molecular complexity index is 338. The van der Waals surface area contributed by atoms with Gasteiger partial charge < -0.3 is 5.11 Å². The van der Waals surface area contributed by atoms with Gasteiger partial charge >= 0.3 is 0 Å². The van der Waals surface area contributed by atoms with Gasteiger partial charge in [-0.2, -0.15) is 0 Å². The number of nitrogens with zero attached hydrogens (tertiary/aromatic N) is 1. The number of piperidine rings is 1.